The number of hydrogen-bond donors (Lipinski definition) is 4. The van der Waals surface area contributed by atoms with Crippen molar-refractivity contribution in [2.45, 2.75) is 71.8 Å². The number of amides is 3. The fourth-order valence-electron chi connectivity index (χ4n) is 4.42. The number of ether oxygens (including phenoxy) is 1. The van der Waals surface area contributed by atoms with Crippen LogP contribution < -0.4 is 16.0 Å². The summed E-state index contributed by atoms with van der Waals surface area (Å²) in [5.41, 5.74) is 0.338. The lowest BCUT2D eigenvalue weighted by Crippen LogP contribution is -2.53. The Kier molecular flexibility index (Phi) is 7.58. The van der Waals surface area contributed by atoms with E-state index in [0.29, 0.717) is 42.5 Å². The van der Waals surface area contributed by atoms with Crippen molar-refractivity contribution in [3.63, 3.8) is 0 Å². The summed E-state index contributed by atoms with van der Waals surface area (Å²) >= 11 is 0. The third-order valence-electron chi connectivity index (χ3n) is 5.96. The molecule has 0 aliphatic carbocycles. The molecule has 10 heteroatoms. The van der Waals surface area contributed by atoms with Crippen LogP contribution in [-0.4, -0.2) is 63.9 Å². The zero-order valence-electron chi connectivity index (χ0n) is 20.0. The molecule has 4 unspecified atom stereocenters. The maximum atomic E-state index is 13.1. The van der Waals surface area contributed by atoms with E-state index in [1.165, 1.54) is 6.20 Å². The molecule has 33 heavy (non-hydrogen) atoms. The lowest BCUT2D eigenvalue weighted by atomic mass is 9.85. The van der Waals surface area contributed by atoms with Crippen LogP contribution >= 0.6 is 0 Å². The third kappa shape index (κ3) is 6.64. The smallest absolute Gasteiger partial charge is 0.413 e. The first-order chi connectivity index (χ1) is 15.4. The van der Waals surface area contributed by atoms with Gasteiger partial charge in [0.15, 0.2) is 0 Å². The van der Waals surface area contributed by atoms with Gasteiger partial charge in [-0.15, -0.1) is 0 Å². The monoisotopic (exact) mass is 461 g/mol. The quantitative estimate of drug-likeness (QED) is 0.507. The number of nitrogens with zero attached hydrogens (tertiary/aromatic N) is 2. The third-order valence-corrected chi connectivity index (χ3v) is 5.96. The zero-order valence-corrected chi connectivity index (χ0v) is 20.0. The molecule has 3 heterocycles. The Morgan fingerprint density at radius 3 is 2.58 bits per heavy atom. The van der Waals surface area contributed by atoms with E-state index in [-0.39, 0.29) is 12.0 Å². The van der Waals surface area contributed by atoms with Crippen LogP contribution in [0.3, 0.4) is 0 Å². The Bertz CT molecular complexity index is 900. The van der Waals surface area contributed by atoms with Gasteiger partial charge in [-0.3, -0.25) is 20.2 Å². The summed E-state index contributed by atoms with van der Waals surface area (Å²) < 4.78 is 5.23. The number of nitrogens with one attached hydrogen (secondary N) is 3. The van der Waals surface area contributed by atoms with Crippen LogP contribution in [0.4, 0.5) is 16.3 Å². The van der Waals surface area contributed by atoms with E-state index in [1.807, 2.05) is 0 Å². The summed E-state index contributed by atoms with van der Waals surface area (Å²) in [7, 11) is 0. The molecule has 2 saturated heterocycles. The number of rotatable bonds is 3. The Hall–Kier alpha value is -2.72. The molecule has 0 aromatic carbocycles. The van der Waals surface area contributed by atoms with E-state index in [9.17, 15) is 19.5 Å². The van der Waals surface area contributed by atoms with Crippen molar-refractivity contribution in [2.24, 2.45) is 11.8 Å². The second-order valence-corrected chi connectivity index (χ2v) is 10.1. The molecular weight excluding hydrogens is 426 g/mol. The minimum absolute atomic E-state index is 0.0793. The van der Waals surface area contributed by atoms with Crippen molar-refractivity contribution in [1.82, 2.24) is 15.2 Å². The summed E-state index contributed by atoms with van der Waals surface area (Å²) in [4.78, 5) is 43.7. The van der Waals surface area contributed by atoms with E-state index < -0.39 is 29.7 Å². The number of hydrogen-bond acceptors (Lipinski definition) is 7. The van der Waals surface area contributed by atoms with Crippen LogP contribution in [0, 0.1) is 18.8 Å². The highest BCUT2D eigenvalue weighted by molar-refractivity contribution is 6.39. The summed E-state index contributed by atoms with van der Waals surface area (Å²) in [6, 6.07) is 1.56. The van der Waals surface area contributed by atoms with Crippen molar-refractivity contribution < 1.29 is 24.2 Å². The minimum atomic E-state index is -0.727. The molecule has 1 aromatic heterocycles. The number of likely N-dealkylation sites (tertiary alicyclic amines) is 1. The number of aliphatic hydroxyl groups is 1. The molecule has 10 nitrogen and oxygen atoms in total. The van der Waals surface area contributed by atoms with Crippen molar-refractivity contribution >= 4 is 29.4 Å². The van der Waals surface area contributed by atoms with Crippen LogP contribution in [0.15, 0.2) is 12.3 Å². The van der Waals surface area contributed by atoms with E-state index in [4.69, 9.17) is 4.74 Å². The molecule has 0 spiro atoms. The molecule has 0 bridgehead atoms. The molecule has 4 N–H and O–H groups in total. The highest BCUT2D eigenvalue weighted by Gasteiger charge is 2.40. The second kappa shape index (κ2) is 10.0. The fraction of sp³-hybridized carbons (Fsp3) is 0.652. The first kappa shape index (κ1) is 24.9. The van der Waals surface area contributed by atoms with E-state index in [2.05, 4.69) is 27.9 Å². The number of anilines is 2. The van der Waals surface area contributed by atoms with E-state index in [0.717, 1.165) is 12.8 Å². The number of carbonyl (C=O) groups excluding carboxylic acids is 3. The van der Waals surface area contributed by atoms with Gasteiger partial charge >= 0.3 is 17.9 Å². The van der Waals surface area contributed by atoms with Gasteiger partial charge in [-0.2, -0.15) is 0 Å². The van der Waals surface area contributed by atoms with Gasteiger partial charge in [-0.1, -0.05) is 6.92 Å². The highest BCUT2D eigenvalue weighted by atomic mass is 16.6. The average molecular weight is 462 g/mol. The lowest BCUT2D eigenvalue weighted by Gasteiger charge is -2.41. The molecule has 4 atom stereocenters. The van der Waals surface area contributed by atoms with E-state index >= 15 is 0 Å². The Labute approximate surface area is 194 Å². The molecule has 182 valence electrons. The number of aliphatic hydroxyl groups excluding tert-OH is 1. The number of piperidine rings is 1. The number of aryl methyl sites for hydroxylation is 1. The van der Waals surface area contributed by atoms with Crippen LogP contribution in [-0.2, 0) is 14.3 Å². The predicted octanol–water partition coefficient (Wildman–Crippen LogP) is 2.23. The SMILES string of the molecule is Cc1cc(NC(=O)C(=O)N2CC(C)CCC2C2CNC(O)C2)cnc1NC(=O)OC(C)(C)C. The molecule has 3 rings (SSSR count). The lowest BCUT2D eigenvalue weighted by molar-refractivity contribution is -0.147. The first-order valence-electron chi connectivity index (χ1n) is 11.4. The van der Waals surface area contributed by atoms with Crippen molar-refractivity contribution in [3.05, 3.63) is 17.8 Å². The van der Waals surface area contributed by atoms with Crippen LogP contribution in [0.5, 0.6) is 0 Å². The van der Waals surface area contributed by atoms with Crippen LogP contribution in [0.25, 0.3) is 0 Å². The van der Waals surface area contributed by atoms with Gasteiger partial charge in [0.2, 0.25) is 0 Å². The average Bonchev–Trinajstić information content (AvgIpc) is 3.14. The summed E-state index contributed by atoms with van der Waals surface area (Å²) in [5, 5.41) is 18.1. The van der Waals surface area contributed by atoms with Gasteiger partial charge in [-0.25, -0.2) is 9.78 Å². The van der Waals surface area contributed by atoms with Gasteiger partial charge < -0.3 is 20.1 Å². The van der Waals surface area contributed by atoms with Gasteiger partial charge in [0, 0.05) is 19.1 Å². The molecule has 2 aliphatic rings. The van der Waals surface area contributed by atoms with Gasteiger partial charge in [-0.05, 0) is 70.4 Å². The summed E-state index contributed by atoms with van der Waals surface area (Å²) in [6.07, 6.45) is 2.56. The maximum absolute atomic E-state index is 13.1. The van der Waals surface area contributed by atoms with Crippen molar-refractivity contribution in [3.8, 4) is 0 Å². The Morgan fingerprint density at radius 1 is 1.24 bits per heavy atom. The molecule has 1 aromatic rings. The Morgan fingerprint density at radius 2 is 1.97 bits per heavy atom. The van der Waals surface area contributed by atoms with Crippen molar-refractivity contribution in [1.29, 1.82) is 0 Å². The molecule has 3 amide bonds. The van der Waals surface area contributed by atoms with E-state index in [1.54, 1.807) is 38.7 Å². The topological polar surface area (TPSA) is 133 Å². The van der Waals surface area contributed by atoms with Gasteiger partial charge in [0.1, 0.15) is 17.6 Å². The summed E-state index contributed by atoms with van der Waals surface area (Å²) in [6.45, 7) is 10.2. The summed E-state index contributed by atoms with van der Waals surface area (Å²) in [5.74, 6) is -0.576. The molecule has 2 fully saturated rings. The number of aromatic nitrogens is 1. The fourth-order valence-corrected chi connectivity index (χ4v) is 4.42. The standard InChI is InChI=1S/C23H35N5O5/c1-13-6-7-17(15-9-18(29)24-10-15)28(12-13)21(31)20(30)26-16-8-14(2)19(25-11-16)27-22(32)33-23(3,4)5/h8,11,13,15,17-18,24,29H,6-7,9-10,12H2,1-5H3,(H,26,30)(H,25,27,32). The maximum Gasteiger partial charge on any atom is 0.413 e. The molecular formula is C23H35N5O5. The van der Waals surface area contributed by atoms with Gasteiger partial charge in [0.25, 0.3) is 0 Å². The highest BCUT2D eigenvalue weighted by Crippen LogP contribution is 2.31. The Balaban J connectivity index is 1.65. The largest absolute Gasteiger partial charge is 0.444 e. The zero-order chi connectivity index (χ0) is 24.3. The number of carbonyl (C=O) groups is 3. The predicted molar refractivity (Wildman–Crippen MR) is 123 cm³/mol. The normalized spacial score (nSPS) is 25.5. The second-order valence-electron chi connectivity index (χ2n) is 10.1. The number of pyridine rings is 1. The first-order valence-corrected chi connectivity index (χ1v) is 11.4. The van der Waals surface area contributed by atoms with Crippen LogP contribution in [0.1, 0.15) is 52.5 Å². The molecule has 0 radical (unpaired) electrons. The van der Waals surface area contributed by atoms with Crippen LogP contribution in [0.2, 0.25) is 0 Å². The molecule has 2 aliphatic heterocycles. The molecule has 0 saturated carbocycles. The van der Waals surface area contributed by atoms with Crippen molar-refractivity contribution in [2.75, 3.05) is 23.7 Å². The minimum Gasteiger partial charge on any atom is -0.444 e. The van der Waals surface area contributed by atoms with Gasteiger partial charge in [0.05, 0.1) is 11.9 Å².